The third-order valence-corrected chi connectivity index (χ3v) is 6.89. The predicted octanol–water partition coefficient (Wildman–Crippen LogP) is 6.52. The molecule has 2 aromatic heterocycles. The number of aromatic nitrogens is 2. The molecule has 0 spiro atoms. The van der Waals surface area contributed by atoms with E-state index < -0.39 is 0 Å². The van der Waals surface area contributed by atoms with E-state index in [1.165, 1.54) is 11.3 Å². The molecular formula is C23H15BrN2OS2. The van der Waals surface area contributed by atoms with E-state index in [-0.39, 0.29) is 5.56 Å². The number of thiazole rings is 1. The monoisotopic (exact) mass is 478 g/mol. The van der Waals surface area contributed by atoms with Gasteiger partial charge in [-0.25, -0.2) is 0 Å². The lowest BCUT2D eigenvalue weighted by atomic mass is 10.1. The van der Waals surface area contributed by atoms with Gasteiger partial charge in [-0.3, -0.25) is 13.8 Å². The zero-order valence-electron chi connectivity index (χ0n) is 15.2. The van der Waals surface area contributed by atoms with Gasteiger partial charge in [0, 0.05) is 4.47 Å². The molecule has 0 aliphatic carbocycles. The third kappa shape index (κ3) is 3.17. The van der Waals surface area contributed by atoms with Crippen LogP contribution in [0.25, 0.3) is 27.0 Å². The molecule has 0 saturated carbocycles. The van der Waals surface area contributed by atoms with Crippen LogP contribution in [0.4, 0.5) is 0 Å². The number of hydrogen-bond donors (Lipinski definition) is 0. The second-order valence-electron chi connectivity index (χ2n) is 6.76. The first-order chi connectivity index (χ1) is 14.1. The molecule has 0 unspecified atom stereocenters. The lowest BCUT2D eigenvalue weighted by Gasteiger charge is -2.13. The maximum atomic E-state index is 13.5. The average molecular weight is 479 g/mol. The van der Waals surface area contributed by atoms with Gasteiger partial charge in [-0.05, 0) is 47.6 Å². The fraction of sp³-hybridized carbons (Fsp3) is 0.0435. The Morgan fingerprint density at radius 2 is 1.59 bits per heavy atom. The third-order valence-electron chi connectivity index (χ3n) is 4.95. The minimum atomic E-state index is -0.00406. The van der Waals surface area contributed by atoms with Crippen LogP contribution in [0, 0.1) is 3.95 Å². The molecule has 0 amide bonds. The molecule has 142 valence electrons. The molecular weight excluding hydrogens is 464 g/mol. The first-order valence-corrected chi connectivity index (χ1v) is 11.1. The van der Waals surface area contributed by atoms with Crippen LogP contribution in [-0.4, -0.2) is 8.97 Å². The highest BCUT2D eigenvalue weighted by atomic mass is 79.9. The van der Waals surface area contributed by atoms with Crippen molar-refractivity contribution in [2.24, 2.45) is 0 Å². The molecule has 5 rings (SSSR count). The van der Waals surface area contributed by atoms with Crippen molar-refractivity contribution < 1.29 is 0 Å². The summed E-state index contributed by atoms with van der Waals surface area (Å²) in [5, 5.41) is 0.673. The topological polar surface area (TPSA) is 26.4 Å². The molecule has 29 heavy (non-hydrogen) atoms. The van der Waals surface area contributed by atoms with Crippen LogP contribution in [0.3, 0.4) is 0 Å². The molecule has 0 saturated heterocycles. The summed E-state index contributed by atoms with van der Waals surface area (Å²) in [6.07, 6.45) is 0. The summed E-state index contributed by atoms with van der Waals surface area (Å²) < 4.78 is 5.63. The maximum Gasteiger partial charge on any atom is 0.261 e. The van der Waals surface area contributed by atoms with Gasteiger partial charge in [0.05, 0.1) is 22.3 Å². The van der Waals surface area contributed by atoms with Crippen LogP contribution >= 0.6 is 39.5 Å². The maximum absolute atomic E-state index is 13.5. The number of rotatable bonds is 3. The highest BCUT2D eigenvalue weighted by Gasteiger charge is 2.18. The molecule has 0 radical (unpaired) electrons. The SMILES string of the molecule is O=c1c2ccccc2n2c(=S)sc(-c3ccc(Br)cc3)c2n1Cc1ccccc1. The van der Waals surface area contributed by atoms with Gasteiger partial charge in [0.2, 0.25) is 0 Å². The fourth-order valence-electron chi connectivity index (χ4n) is 3.62. The molecule has 3 nitrogen and oxygen atoms in total. The van der Waals surface area contributed by atoms with Crippen molar-refractivity contribution in [2.75, 3.05) is 0 Å². The number of fused-ring (bicyclic) bond motifs is 3. The van der Waals surface area contributed by atoms with Gasteiger partial charge < -0.3 is 0 Å². The van der Waals surface area contributed by atoms with Crippen molar-refractivity contribution in [3.8, 4) is 10.4 Å². The quantitative estimate of drug-likeness (QED) is 0.275. The van der Waals surface area contributed by atoms with E-state index in [1.54, 1.807) is 0 Å². The standard InChI is InChI=1S/C23H15BrN2OS2/c24-17-12-10-16(11-13-17)20-21-25(14-15-6-2-1-3-7-15)22(27)18-8-4-5-9-19(18)26(21)23(28)29-20/h1-13H,14H2. The summed E-state index contributed by atoms with van der Waals surface area (Å²) in [6, 6.07) is 25.9. The van der Waals surface area contributed by atoms with Crippen LogP contribution in [-0.2, 0) is 6.54 Å². The zero-order chi connectivity index (χ0) is 20.0. The highest BCUT2D eigenvalue weighted by Crippen LogP contribution is 2.34. The van der Waals surface area contributed by atoms with E-state index >= 15 is 0 Å². The molecule has 0 bridgehead atoms. The molecule has 0 fully saturated rings. The predicted molar refractivity (Wildman–Crippen MR) is 127 cm³/mol. The van der Waals surface area contributed by atoms with Crippen LogP contribution < -0.4 is 5.56 Å². The minimum absolute atomic E-state index is 0.00406. The van der Waals surface area contributed by atoms with Gasteiger partial charge in [0.1, 0.15) is 5.65 Å². The Bertz CT molecular complexity index is 1470. The summed E-state index contributed by atoms with van der Waals surface area (Å²) in [5.74, 6) is 0. The van der Waals surface area contributed by atoms with E-state index in [9.17, 15) is 4.79 Å². The Morgan fingerprint density at radius 3 is 2.34 bits per heavy atom. The molecule has 0 aliphatic rings. The first kappa shape index (κ1) is 18.5. The number of hydrogen-bond acceptors (Lipinski definition) is 3. The second-order valence-corrected chi connectivity index (χ2v) is 9.32. The van der Waals surface area contributed by atoms with Crippen molar-refractivity contribution in [1.29, 1.82) is 0 Å². The average Bonchev–Trinajstić information content (AvgIpc) is 3.09. The lowest BCUT2D eigenvalue weighted by Crippen LogP contribution is -2.23. The van der Waals surface area contributed by atoms with Crippen LogP contribution in [0.1, 0.15) is 5.56 Å². The van der Waals surface area contributed by atoms with Gasteiger partial charge in [-0.1, -0.05) is 70.5 Å². The minimum Gasteiger partial charge on any atom is -0.288 e. The smallest absolute Gasteiger partial charge is 0.261 e. The summed E-state index contributed by atoms with van der Waals surface area (Å²) in [6.45, 7) is 0.489. The van der Waals surface area contributed by atoms with Gasteiger partial charge in [-0.15, -0.1) is 11.3 Å². The van der Waals surface area contributed by atoms with Crippen LogP contribution in [0.15, 0.2) is 88.1 Å². The van der Waals surface area contributed by atoms with Gasteiger partial charge in [-0.2, -0.15) is 0 Å². The second kappa shape index (κ2) is 7.37. The van der Waals surface area contributed by atoms with Crippen LogP contribution in [0.2, 0.25) is 0 Å². The largest absolute Gasteiger partial charge is 0.288 e. The Balaban J connectivity index is 1.92. The van der Waals surface area contributed by atoms with E-state index in [0.29, 0.717) is 11.9 Å². The Labute approximate surface area is 184 Å². The summed E-state index contributed by atoms with van der Waals surface area (Å²) in [5.41, 5.74) is 3.81. The van der Waals surface area contributed by atoms with Crippen molar-refractivity contribution in [3.05, 3.63) is 103 Å². The summed E-state index contributed by atoms with van der Waals surface area (Å²) >= 11 is 10.8. The molecule has 3 aromatic carbocycles. The summed E-state index contributed by atoms with van der Waals surface area (Å²) in [7, 11) is 0. The molecule has 6 heteroatoms. The number of para-hydroxylation sites is 1. The number of halogens is 1. The van der Waals surface area contributed by atoms with Crippen LogP contribution in [0.5, 0.6) is 0 Å². The van der Waals surface area contributed by atoms with Gasteiger partial charge in [0.25, 0.3) is 5.56 Å². The number of benzene rings is 3. The Kier molecular flexibility index (Phi) is 4.70. The summed E-state index contributed by atoms with van der Waals surface area (Å²) in [4.78, 5) is 14.5. The zero-order valence-corrected chi connectivity index (χ0v) is 18.4. The van der Waals surface area contributed by atoms with Crippen molar-refractivity contribution in [3.63, 3.8) is 0 Å². The lowest BCUT2D eigenvalue weighted by molar-refractivity contribution is 0.781. The van der Waals surface area contributed by atoms with Gasteiger partial charge >= 0.3 is 0 Å². The molecule has 0 aliphatic heterocycles. The van der Waals surface area contributed by atoms with Gasteiger partial charge in [0.15, 0.2) is 3.95 Å². The van der Waals surface area contributed by atoms with Crippen molar-refractivity contribution >= 4 is 56.0 Å². The molecule has 0 N–H and O–H groups in total. The molecule has 2 heterocycles. The van der Waals surface area contributed by atoms with E-state index in [0.717, 1.165) is 35.6 Å². The normalized spacial score (nSPS) is 11.3. The molecule has 0 atom stereocenters. The number of nitrogens with zero attached hydrogens (tertiary/aromatic N) is 2. The highest BCUT2D eigenvalue weighted by molar-refractivity contribution is 9.10. The van der Waals surface area contributed by atoms with E-state index in [4.69, 9.17) is 12.2 Å². The van der Waals surface area contributed by atoms with Crippen molar-refractivity contribution in [2.45, 2.75) is 6.54 Å². The van der Waals surface area contributed by atoms with E-state index in [1.807, 2.05) is 75.7 Å². The van der Waals surface area contributed by atoms with E-state index in [2.05, 4.69) is 28.1 Å². The first-order valence-electron chi connectivity index (χ1n) is 9.10. The Hall–Kier alpha value is -2.54. The van der Waals surface area contributed by atoms with Crippen molar-refractivity contribution in [1.82, 2.24) is 8.97 Å². The molecule has 5 aromatic rings. The fourth-order valence-corrected chi connectivity index (χ4v) is 5.31. The Morgan fingerprint density at radius 1 is 0.897 bits per heavy atom.